The molecule has 0 fully saturated rings. The summed E-state index contributed by atoms with van der Waals surface area (Å²) in [7, 11) is 1.51. The number of phosphoric acid groups is 1. The largest absolute Gasteiger partial charge is 0.472 e. The Bertz CT molecular complexity index is 1860. The van der Waals surface area contributed by atoms with Crippen molar-refractivity contribution in [1.29, 1.82) is 0 Å². The number of rotatable bonds is 86. The summed E-state index contributed by atoms with van der Waals surface area (Å²) in [5.41, 5.74) is 0. The Labute approximate surface area is 636 Å². The molecule has 0 rings (SSSR count). The summed E-state index contributed by atoms with van der Waals surface area (Å²) in [6.07, 6.45) is 112. The number of quaternary nitrogens is 1. The second kappa shape index (κ2) is 83.0. The van der Waals surface area contributed by atoms with Gasteiger partial charge in [0.05, 0.1) is 27.7 Å². The lowest BCUT2D eigenvalue weighted by Crippen LogP contribution is -2.37. The van der Waals surface area contributed by atoms with Crippen molar-refractivity contribution in [2.45, 2.75) is 482 Å². The standard InChI is InChI=1S/C92H176NO8P/c1-6-8-10-12-14-16-18-20-22-24-26-28-30-32-34-36-38-40-42-44-45-46-47-49-51-53-55-57-59-61-63-65-67-69-71-73-75-77-79-81-83-85-92(95)101-90(89-100-102(96,97)99-87-86-93(3,4)5)88-98-91(94)84-82-80-78-76-74-72-70-68-66-64-62-60-58-56-54-52-50-48-43-41-39-37-35-33-31-29-27-25-23-21-19-17-15-13-11-9-7-2/h18,20,24-27,30,32,90H,6-17,19,21-23,28-29,31,33-89H2,1-5H3/p+1/b20-18-,26-24-,27-25-,32-30-. The number of nitrogens with zero attached hydrogens (tertiary/aromatic N) is 1. The number of carbonyl (C=O) groups is 2. The van der Waals surface area contributed by atoms with E-state index in [1.807, 2.05) is 21.1 Å². The number of allylic oxidation sites excluding steroid dienone is 8. The Morgan fingerprint density at radius 3 is 0.794 bits per heavy atom. The van der Waals surface area contributed by atoms with Crippen LogP contribution in [0.2, 0.25) is 0 Å². The van der Waals surface area contributed by atoms with Crippen LogP contribution >= 0.6 is 7.82 Å². The molecule has 9 nitrogen and oxygen atoms in total. The number of likely N-dealkylation sites (N-methyl/N-ethyl adjacent to an activating group) is 1. The molecule has 0 saturated carbocycles. The summed E-state index contributed by atoms with van der Waals surface area (Å²) in [5.74, 6) is -0.768. The van der Waals surface area contributed by atoms with Crippen LogP contribution in [0, 0.1) is 0 Å². The third-order valence-electron chi connectivity index (χ3n) is 20.8. The van der Waals surface area contributed by atoms with Gasteiger partial charge >= 0.3 is 19.8 Å². The molecule has 0 aromatic heterocycles. The molecular formula is C92H177NO8P+. The Kier molecular flexibility index (Phi) is 81.4. The molecule has 2 atom stereocenters. The molecule has 0 aliphatic heterocycles. The van der Waals surface area contributed by atoms with E-state index >= 15 is 0 Å². The molecule has 0 aromatic rings. The minimum absolute atomic E-state index is 0.0354. The van der Waals surface area contributed by atoms with Gasteiger partial charge in [-0.3, -0.25) is 18.6 Å². The first-order valence-corrected chi connectivity index (χ1v) is 46.9. The lowest BCUT2D eigenvalue weighted by molar-refractivity contribution is -0.870. The molecule has 602 valence electrons. The Hall–Kier alpha value is -2.03. The van der Waals surface area contributed by atoms with Crippen molar-refractivity contribution < 1.29 is 42.1 Å². The maximum Gasteiger partial charge on any atom is 0.472 e. The monoisotopic (exact) mass is 1460 g/mol. The maximum atomic E-state index is 13.0. The van der Waals surface area contributed by atoms with Crippen LogP contribution in [-0.2, 0) is 32.7 Å². The van der Waals surface area contributed by atoms with Gasteiger partial charge in [-0.25, -0.2) is 4.57 Å². The summed E-state index contributed by atoms with van der Waals surface area (Å²) in [5, 5.41) is 0. The third kappa shape index (κ3) is 86.9. The molecule has 0 aromatic carbocycles. The van der Waals surface area contributed by atoms with E-state index in [1.54, 1.807) is 0 Å². The van der Waals surface area contributed by atoms with E-state index in [-0.39, 0.29) is 25.6 Å². The van der Waals surface area contributed by atoms with Crippen LogP contribution < -0.4 is 0 Å². The smallest absolute Gasteiger partial charge is 0.462 e. The van der Waals surface area contributed by atoms with E-state index in [2.05, 4.69) is 62.5 Å². The molecule has 0 spiro atoms. The van der Waals surface area contributed by atoms with E-state index in [0.717, 1.165) is 44.9 Å². The van der Waals surface area contributed by atoms with Crippen LogP contribution in [-0.4, -0.2) is 74.9 Å². The summed E-state index contributed by atoms with van der Waals surface area (Å²) in [6, 6.07) is 0. The fourth-order valence-corrected chi connectivity index (χ4v) is 14.7. The summed E-state index contributed by atoms with van der Waals surface area (Å²) < 4.78 is 34.9. The molecule has 2 unspecified atom stereocenters. The predicted octanol–water partition coefficient (Wildman–Crippen LogP) is 30.6. The molecule has 10 heteroatoms. The minimum Gasteiger partial charge on any atom is -0.462 e. The lowest BCUT2D eigenvalue weighted by Gasteiger charge is -2.24. The van der Waals surface area contributed by atoms with Crippen LogP contribution in [0.15, 0.2) is 48.6 Å². The Morgan fingerprint density at radius 2 is 0.529 bits per heavy atom. The Balaban J connectivity index is 3.84. The number of hydrogen-bond acceptors (Lipinski definition) is 7. The second-order valence-electron chi connectivity index (χ2n) is 32.3. The Morgan fingerprint density at radius 1 is 0.304 bits per heavy atom. The van der Waals surface area contributed by atoms with Crippen molar-refractivity contribution in [2.24, 2.45) is 0 Å². The van der Waals surface area contributed by atoms with E-state index in [1.165, 1.54) is 398 Å². The first-order valence-electron chi connectivity index (χ1n) is 45.4. The highest BCUT2D eigenvalue weighted by molar-refractivity contribution is 7.47. The zero-order valence-corrected chi connectivity index (χ0v) is 70.0. The normalized spacial score (nSPS) is 13.1. The topological polar surface area (TPSA) is 108 Å². The van der Waals surface area contributed by atoms with Crippen molar-refractivity contribution in [3.8, 4) is 0 Å². The van der Waals surface area contributed by atoms with E-state index in [4.69, 9.17) is 18.5 Å². The molecule has 0 heterocycles. The highest BCUT2D eigenvalue weighted by Crippen LogP contribution is 2.43. The zero-order chi connectivity index (χ0) is 74.0. The van der Waals surface area contributed by atoms with Crippen LogP contribution in [0.4, 0.5) is 0 Å². The third-order valence-corrected chi connectivity index (χ3v) is 21.8. The van der Waals surface area contributed by atoms with Crippen molar-refractivity contribution in [3.63, 3.8) is 0 Å². The molecule has 0 saturated heterocycles. The van der Waals surface area contributed by atoms with Gasteiger partial charge in [0.1, 0.15) is 19.8 Å². The van der Waals surface area contributed by atoms with Gasteiger partial charge in [-0.05, 0) is 77.0 Å². The molecule has 0 radical (unpaired) electrons. The highest BCUT2D eigenvalue weighted by Gasteiger charge is 2.27. The molecule has 0 aliphatic carbocycles. The van der Waals surface area contributed by atoms with Crippen LogP contribution in [0.5, 0.6) is 0 Å². The molecule has 0 aliphatic rings. The van der Waals surface area contributed by atoms with Gasteiger partial charge in [-0.15, -0.1) is 0 Å². The first-order chi connectivity index (χ1) is 50.0. The average molecular weight is 1460 g/mol. The summed E-state index contributed by atoms with van der Waals surface area (Å²) >= 11 is 0. The maximum absolute atomic E-state index is 13.0. The van der Waals surface area contributed by atoms with Crippen LogP contribution in [0.1, 0.15) is 476 Å². The van der Waals surface area contributed by atoms with Gasteiger partial charge in [0.15, 0.2) is 6.10 Å². The van der Waals surface area contributed by atoms with Gasteiger partial charge in [0.2, 0.25) is 0 Å². The first kappa shape index (κ1) is 100.0. The van der Waals surface area contributed by atoms with Crippen molar-refractivity contribution in [3.05, 3.63) is 48.6 Å². The van der Waals surface area contributed by atoms with Gasteiger partial charge in [-0.1, -0.05) is 435 Å². The van der Waals surface area contributed by atoms with Crippen molar-refractivity contribution in [2.75, 3.05) is 47.5 Å². The van der Waals surface area contributed by atoms with Gasteiger partial charge < -0.3 is 18.9 Å². The number of carbonyl (C=O) groups excluding carboxylic acids is 2. The summed E-state index contributed by atoms with van der Waals surface area (Å²) in [4.78, 5) is 36.1. The molecule has 0 amide bonds. The number of esters is 2. The lowest BCUT2D eigenvalue weighted by atomic mass is 10.0. The van der Waals surface area contributed by atoms with Crippen LogP contribution in [0.25, 0.3) is 0 Å². The van der Waals surface area contributed by atoms with Gasteiger partial charge in [0.25, 0.3) is 0 Å². The average Bonchev–Trinajstić information content (AvgIpc) is 0.916. The van der Waals surface area contributed by atoms with E-state index in [9.17, 15) is 19.0 Å². The fourth-order valence-electron chi connectivity index (χ4n) is 13.9. The molecule has 102 heavy (non-hydrogen) atoms. The van der Waals surface area contributed by atoms with E-state index in [0.29, 0.717) is 23.9 Å². The van der Waals surface area contributed by atoms with E-state index < -0.39 is 26.5 Å². The quantitative estimate of drug-likeness (QED) is 0.0211. The van der Waals surface area contributed by atoms with Gasteiger partial charge in [0, 0.05) is 12.8 Å². The van der Waals surface area contributed by atoms with Crippen LogP contribution in [0.3, 0.4) is 0 Å². The number of ether oxygens (including phenoxy) is 2. The zero-order valence-electron chi connectivity index (χ0n) is 69.1. The van der Waals surface area contributed by atoms with Crippen molar-refractivity contribution >= 4 is 19.8 Å². The minimum atomic E-state index is -4.40. The fraction of sp³-hybridized carbons (Fsp3) is 0.891. The molecular weight excluding hydrogens is 1280 g/mol. The molecule has 0 bridgehead atoms. The number of unbranched alkanes of at least 4 members (excludes halogenated alkanes) is 64. The number of phosphoric ester groups is 1. The SMILES string of the molecule is CCCCCCC/C=C\C/C=C\C/C=C\CCCCCCCCCCCCCCCCCCCCCCCCCCCCC(=O)OC(COC(=O)CCCCCCCCCCCCCCCCCCCCCCCCCCC/C=C\CCCCCCCCCC)COP(=O)(O)OCC[N+](C)(C)C. The van der Waals surface area contributed by atoms with Crippen molar-refractivity contribution in [1.82, 2.24) is 0 Å². The summed E-state index contributed by atoms with van der Waals surface area (Å²) in [6.45, 7) is 4.51. The number of hydrogen-bond donors (Lipinski definition) is 1. The second-order valence-corrected chi connectivity index (χ2v) is 33.8. The predicted molar refractivity (Wildman–Crippen MR) is 446 cm³/mol. The highest BCUT2D eigenvalue weighted by atomic mass is 31.2. The molecule has 1 N–H and O–H groups in total. The van der Waals surface area contributed by atoms with Gasteiger partial charge in [-0.2, -0.15) is 0 Å².